The molecule has 1 N–H and O–H groups in total. The standard InChI is InChI=1S/C17H20ClNOS/c1-2-9-19-15(10-12-7-8-17(18)21-12)14-11-20-16-6-4-3-5-13(14)16/h3-8,14-15,19H,2,9-11H2,1H3. The molecule has 1 aromatic heterocycles. The maximum Gasteiger partial charge on any atom is 0.122 e. The molecule has 2 atom stereocenters. The molecule has 0 spiro atoms. The van der Waals surface area contributed by atoms with E-state index in [0.29, 0.717) is 12.0 Å². The SMILES string of the molecule is CCCNC(Cc1ccc(Cl)s1)C1COc2ccccc21. The summed E-state index contributed by atoms with van der Waals surface area (Å²) in [5.41, 5.74) is 1.33. The zero-order valence-corrected chi connectivity index (χ0v) is 13.7. The summed E-state index contributed by atoms with van der Waals surface area (Å²) in [6, 6.07) is 12.9. The quantitative estimate of drug-likeness (QED) is 0.846. The molecule has 1 aromatic carbocycles. The van der Waals surface area contributed by atoms with Gasteiger partial charge in [0.1, 0.15) is 5.75 Å². The van der Waals surface area contributed by atoms with Crippen molar-refractivity contribution in [1.29, 1.82) is 0 Å². The molecule has 0 bridgehead atoms. The van der Waals surface area contributed by atoms with E-state index in [1.165, 1.54) is 10.4 Å². The smallest absolute Gasteiger partial charge is 0.122 e. The molecule has 2 heterocycles. The van der Waals surface area contributed by atoms with Crippen molar-refractivity contribution in [2.45, 2.75) is 31.7 Å². The first-order valence-electron chi connectivity index (χ1n) is 7.47. The van der Waals surface area contributed by atoms with Crippen LogP contribution in [0.3, 0.4) is 0 Å². The Morgan fingerprint density at radius 1 is 1.33 bits per heavy atom. The molecule has 3 rings (SSSR count). The van der Waals surface area contributed by atoms with Gasteiger partial charge in [-0.15, -0.1) is 11.3 Å². The van der Waals surface area contributed by atoms with Crippen LogP contribution in [0.15, 0.2) is 36.4 Å². The molecule has 0 aliphatic carbocycles. The van der Waals surface area contributed by atoms with Gasteiger partial charge in [0.2, 0.25) is 0 Å². The van der Waals surface area contributed by atoms with Crippen molar-refractivity contribution < 1.29 is 4.74 Å². The number of hydrogen-bond donors (Lipinski definition) is 1. The minimum absolute atomic E-state index is 0.392. The third kappa shape index (κ3) is 3.42. The van der Waals surface area contributed by atoms with Gasteiger partial charge in [-0.1, -0.05) is 36.7 Å². The molecule has 0 amide bonds. The first kappa shape index (κ1) is 14.9. The first-order valence-corrected chi connectivity index (χ1v) is 8.66. The van der Waals surface area contributed by atoms with E-state index in [9.17, 15) is 0 Å². The van der Waals surface area contributed by atoms with Gasteiger partial charge in [-0.3, -0.25) is 0 Å². The summed E-state index contributed by atoms with van der Waals surface area (Å²) in [6.07, 6.45) is 2.14. The maximum absolute atomic E-state index is 6.06. The molecule has 1 aliphatic rings. The Balaban J connectivity index is 1.79. The lowest BCUT2D eigenvalue weighted by Crippen LogP contribution is -2.37. The third-order valence-corrected chi connectivity index (χ3v) is 5.18. The number of rotatable bonds is 6. The molecule has 0 fully saturated rings. The fraction of sp³-hybridized carbons (Fsp3) is 0.412. The number of fused-ring (bicyclic) bond motifs is 1. The molecule has 2 aromatic rings. The van der Waals surface area contributed by atoms with Crippen molar-refractivity contribution in [3.63, 3.8) is 0 Å². The van der Waals surface area contributed by atoms with Crippen LogP contribution in [-0.4, -0.2) is 19.2 Å². The van der Waals surface area contributed by atoms with Gasteiger partial charge in [-0.2, -0.15) is 0 Å². The molecule has 2 unspecified atom stereocenters. The molecule has 1 aliphatic heterocycles. The lowest BCUT2D eigenvalue weighted by molar-refractivity contribution is 0.297. The predicted octanol–water partition coefficient (Wildman–Crippen LogP) is 4.49. The summed E-state index contributed by atoms with van der Waals surface area (Å²) < 4.78 is 6.72. The van der Waals surface area contributed by atoms with E-state index in [1.807, 2.05) is 12.1 Å². The summed E-state index contributed by atoms with van der Waals surface area (Å²) >= 11 is 7.74. The van der Waals surface area contributed by atoms with Gasteiger partial charge in [-0.25, -0.2) is 0 Å². The molecule has 112 valence electrons. The molecule has 2 nitrogen and oxygen atoms in total. The Labute approximate surface area is 135 Å². The third-order valence-electron chi connectivity index (χ3n) is 3.93. The lowest BCUT2D eigenvalue weighted by atomic mass is 9.90. The van der Waals surface area contributed by atoms with E-state index in [1.54, 1.807) is 11.3 Å². The number of hydrogen-bond acceptors (Lipinski definition) is 3. The molecular formula is C17H20ClNOS. The highest BCUT2D eigenvalue weighted by atomic mass is 35.5. The summed E-state index contributed by atoms with van der Waals surface area (Å²) in [5, 5.41) is 3.69. The van der Waals surface area contributed by atoms with Crippen molar-refractivity contribution in [1.82, 2.24) is 5.32 Å². The molecule has 21 heavy (non-hydrogen) atoms. The Morgan fingerprint density at radius 2 is 2.19 bits per heavy atom. The fourth-order valence-electron chi connectivity index (χ4n) is 2.89. The monoisotopic (exact) mass is 321 g/mol. The van der Waals surface area contributed by atoms with Crippen LogP contribution < -0.4 is 10.1 Å². The number of nitrogens with one attached hydrogen (secondary N) is 1. The van der Waals surface area contributed by atoms with Crippen LogP contribution in [-0.2, 0) is 6.42 Å². The molecule has 4 heteroatoms. The van der Waals surface area contributed by atoms with E-state index >= 15 is 0 Å². The number of benzene rings is 1. The van der Waals surface area contributed by atoms with Crippen LogP contribution >= 0.6 is 22.9 Å². The van der Waals surface area contributed by atoms with Gasteiger partial charge in [0, 0.05) is 22.4 Å². The van der Waals surface area contributed by atoms with Gasteiger partial charge >= 0.3 is 0 Å². The summed E-state index contributed by atoms with van der Waals surface area (Å²) in [5.74, 6) is 1.45. The zero-order chi connectivity index (χ0) is 14.7. The van der Waals surface area contributed by atoms with Crippen molar-refractivity contribution in [3.05, 3.63) is 51.2 Å². The largest absolute Gasteiger partial charge is 0.493 e. The number of para-hydroxylation sites is 1. The van der Waals surface area contributed by atoms with Crippen LogP contribution in [0.2, 0.25) is 4.34 Å². The number of ether oxygens (including phenoxy) is 1. The average Bonchev–Trinajstić information content (AvgIpc) is 3.09. The predicted molar refractivity (Wildman–Crippen MR) is 89.8 cm³/mol. The molecular weight excluding hydrogens is 302 g/mol. The molecule has 0 radical (unpaired) electrons. The second kappa shape index (κ2) is 6.82. The van der Waals surface area contributed by atoms with Crippen molar-refractivity contribution in [2.75, 3.05) is 13.2 Å². The van der Waals surface area contributed by atoms with Crippen LogP contribution in [0.5, 0.6) is 5.75 Å². The summed E-state index contributed by atoms with van der Waals surface area (Å²) in [6.45, 7) is 3.99. The summed E-state index contributed by atoms with van der Waals surface area (Å²) in [7, 11) is 0. The van der Waals surface area contributed by atoms with Gasteiger partial charge in [0.05, 0.1) is 10.9 Å². The van der Waals surface area contributed by atoms with Crippen LogP contribution in [0.25, 0.3) is 0 Å². The second-order valence-electron chi connectivity index (χ2n) is 5.43. The van der Waals surface area contributed by atoms with Crippen LogP contribution in [0.1, 0.15) is 29.7 Å². The van der Waals surface area contributed by atoms with E-state index in [-0.39, 0.29) is 0 Å². The fourth-order valence-corrected chi connectivity index (χ4v) is 4.03. The van der Waals surface area contributed by atoms with Crippen molar-refractivity contribution in [3.8, 4) is 5.75 Å². The van der Waals surface area contributed by atoms with Crippen LogP contribution in [0, 0.1) is 0 Å². The van der Waals surface area contributed by atoms with Gasteiger partial charge in [0.15, 0.2) is 0 Å². The van der Waals surface area contributed by atoms with Gasteiger partial charge < -0.3 is 10.1 Å². The van der Waals surface area contributed by atoms with Gasteiger partial charge in [-0.05, 0) is 37.6 Å². The highest BCUT2D eigenvalue weighted by Crippen LogP contribution is 2.37. The van der Waals surface area contributed by atoms with Crippen molar-refractivity contribution in [2.24, 2.45) is 0 Å². The van der Waals surface area contributed by atoms with Crippen molar-refractivity contribution >= 4 is 22.9 Å². The van der Waals surface area contributed by atoms with E-state index in [0.717, 1.165) is 36.1 Å². The lowest BCUT2D eigenvalue weighted by Gasteiger charge is -2.23. The molecule has 0 saturated carbocycles. The number of halogens is 1. The zero-order valence-electron chi connectivity index (χ0n) is 12.1. The van der Waals surface area contributed by atoms with Crippen LogP contribution in [0.4, 0.5) is 0 Å². The average molecular weight is 322 g/mol. The minimum atomic E-state index is 0.392. The highest BCUT2D eigenvalue weighted by molar-refractivity contribution is 7.16. The second-order valence-corrected chi connectivity index (χ2v) is 7.23. The summed E-state index contributed by atoms with van der Waals surface area (Å²) in [4.78, 5) is 1.33. The maximum atomic E-state index is 6.06. The molecule has 0 saturated heterocycles. The topological polar surface area (TPSA) is 21.3 Å². The Kier molecular flexibility index (Phi) is 4.84. The van der Waals surface area contributed by atoms with Gasteiger partial charge in [0.25, 0.3) is 0 Å². The first-order chi connectivity index (χ1) is 10.3. The Bertz CT molecular complexity index is 598. The van der Waals surface area contributed by atoms with E-state index in [4.69, 9.17) is 16.3 Å². The Hall–Kier alpha value is -1.03. The van der Waals surface area contributed by atoms with E-state index < -0.39 is 0 Å². The van der Waals surface area contributed by atoms with E-state index in [2.05, 4.69) is 36.5 Å². The Morgan fingerprint density at radius 3 is 2.95 bits per heavy atom. The normalized spacial score (nSPS) is 18.3. The minimum Gasteiger partial charge on any atom is -0.493 e. The number of thiophene rings is 1. The highest BCUT2D eigenvalue weighted by Gasteiger charge is 2.31.